The molecule has 9 nitrogen and oxygen atoms in total. The van der Waals surface area contributed by atoms with Crippen molar-refractivity contribution in [2.75, 3.05) is 62.9 Å². The van der Waals surface area contributed by atoms with E-state index >= 15 is 0 Å². The number of amides is 1. The summed E-state index contributed by atoms with van der Waals surface area (Å²) in [5.74, 6) is 1.64. The van der Waals surface area contributed by atoms with E-state index in [9.17, 15) is 4.79 Å². The van der Waals surface area contributed by atoms with Gasteiger partial charge < -0.3 is 30.3 Å². The van der Waals surface area contributed by atoms with Gasteiger partial charge >= 0.3 is 0 Å². The molecule has 0 aromatic carbocycles. The number of methoxy groups -OCH3 is 1. The molecular formula is C17H28N6O3. The van der Waals surface area contributed by atoms with Crippen LogP contribution in [0.3, 0.4) is 0 Å². The van der Waals surface area contributed by atoms with Crippen LogP contribution in [-0.4, -0.2) is 81.1 Å². The normalized spacial score (nSPS) is 22.2. The topological polar surface area (TPSA) is 106 Å². The summed E-state index contributed by atoms with van der Waals surface area (Å²) in [5.41, 5.74) is 5.81. The van der Waals surface area contributed by atoms with Gasteiger partial charge in [-0.05, 0) is 12.8 Å². The summed E-state index contributed by atoms with van der Waals surface area (Å²) in [7, 11) is 1.54. The van der Waals surface area contributed by atoms with Crippen LogP contribution in [0.4, 0.5) is 11.6 Å². The second-order valence-electron chi connectivity index (χ2n) is 6.69. The van der Waals surface area contributed by atoms with Gasteiger partial charge in [0.25, 0.3) is 0 Å². The average molecular weight is 364 g/mol. The largest absolute Gasteiger partial charge is 0.383 e. The second kappa shape index (κ2) is 9.11. The van der Waals surface area contributed by atoms with E-state index < -0.39 is 6.04 Å². The Bertz CT molecular complexity index is 596. The molecule has 0 radical (unpaired) electrons. The van der Waals surface area contributed by atoms with Crippen molar-refractivity contribution in [2.24, 2.45) is 5.73 Å². The van der Waals surface area contributed by atoms with Crippen molar-refractivity contribution in [2.45, 2.75) is 24.9 Å². The van der Waals surface area contributed by atoms with E-state index in [-0.39, 0.29) is 18.6 Å². The molecule has 9 heteroatoms. The van der Waals surface area contributed by atoms with E-state index in [0.29, 0.717) is 6.54 Å². The van der Waals surface area contributed by atoms with Gasteiger partial charge in [0, 0.05) is 45.4 Å². The monoisotopic (exact) mass is 364 g/mol. The molecule has 26 heavy (non-hydrogen) atoms. The number of carbonyl (C=O) groups excluding carboxylic acids is 1. The standard InChI is InChI=1S/C17H28N6O3/c1-25-11-14(18)17(24)21-13-3-2-4-23(10-13)16-9-15(19-12-20-16)22-5-7-26-8-6-22/h9,12-14H,2-8,10-11,18H2,1H3,(H,21,24). The van der Waals surface area contributed by atoms with E-state index in [1.54, 1.807) is 6.33 Å². The fraction of sp³-hybridized carbons (Fsp3) is 0.706. The van der Waals surface area contributed by atoms with Crippen molar-refractivity contribution in [1.29, 1.82) is 0 Å². The molecule has 3 N–H and O–H groups in total. The van der Waals surface area contributed by atoms with Gasteiger partial charge in [-0.2, -0.15) is 0 Å². The summed E-state index contributed by atoms with van der Waals surface area (Å²) in [6.45, 7) is 4.97. The Morgan fingerprint density at radius 3 is 2.81 bits per heavy atom. The Morgan fingerprint density at radius 1 is 1.35 bits per heavy atom. The molecule has 2 aliphatic heterocycles. The molecule has 2 unspecified atom stereocenters. The highest BCUT2D eigenvalue weighted by atomic mass is 16.5. The van der Waals surface area contributed by atoms with Crippen LogP contribution < -0.4 is 20.9 Å². The summed E-state index contributed by atoms with van der Waals surface area (Å²) >= 11 is 0. The summed E-state index contributed by atoms with van der Waals surface area (Å²) < 4.78 is 10.3. The molecular weight excluding hydrogens is 336 g/mol. The van der Waals surface area contributed by atoms with Crippen molar-refractivity contribution < 1.29 is 14.3 Å². The number of morpholine rings is 1. The van der Waals surface area contributed by atoms with E-state index in [4.69, 9.17) is 15.2 Å². The Hall–Kier alpha value is -1.97. The fourth-order valence-corrected chi connectivity index (χ4v) is 3.34. The van der Waals surface area contributed by atoms with Crippen molar-refractivity contribution in [1.82, 2.24) is 15.3 Å². The first-order valence-electron chi connectivity index (χ1n) is 9.12. The molecule has 1 amide bonds. The van der Waals surface area contributed by atoms with Gasteiger partial charge in [0.2, 0.25) is 5.91 Å². The number of ether oxygens (including phenoxy) is 2. The number of carbonyl (C=O) groups is 1. The van der Waals surface area contributed by atoms with Gasteiger partial charge in [-0.15, -0.1) is 0 Å². The van der Waals surface area contributed by atoms with Crippen LogP contribution in [0.2, 0.25) is 0 Å². The number of nitrogens with zero attached hydrogens (tertiary/aromatic N) is 4. The predicted molar refractivity (Wildman–Crippen MR) is 98.3 cm³/mol. The van der Waals surface area contributed by atoms with Gasteiger partial charge in [0.05, 0.1) is 19.8 Å². The van der Waals surface area contributed by atoms with Crippen LogP contribution in [-0.2, 0) is 14.3 Å². The zero-order valence-electron chi connectivity index (χ0n) is 15.3. The lowest BCUT2D eigenvalue weighted by atomic mass is 10.1. The lowest BCUT2D eigenvalue weighted by Gasteiger charge is -2.35. The third kappa shape index (κ3) is 4.80. The lowest BCUT2D eigenvalue weighted by Crippen LogP contribution is -2.53. The fourth-order valence-electron chi connectivity index (χ4n) is 3.34. The van der Waals surface area contributed by atoms with E-state index in [1.807, 2.05) is 6.07 Å². The Morgan fingerprint density at radius 2 is 2.08 bits per heavy atom. The Kier molecular flexibility index (Phi) is 6.59. The van der Waals surface area contributed by atoms with E-state index in [1.165, 1.54) is 7.11 Å². The van der Waals surface area contributed by atoms with Crippen LogP contribution in [0.5, 0.6) is 0 Å². The molecule has 2 aliphatic rings. The highest BCUT2D eigenvalue weighted by Gasteiger charge is 2.25. The van der Waals surface area contributed by atoms with E-state index in [0.717, 1.165) is 57.3 Å². The molecule has 1 aromatic heterocycles. The van der Waals surface area contributed by atoms with Gasteiger partial charge in [0.15, 0.2) is 0 Å². The summed E-state index contributed by atoms with van der Waals surface area (Å²) in [6.07, 6.45) is 3.53. The molecule has 0 spiro atoms. The van der Waals surface area contributed by atoms with Crippen LogP contribution in [0.1, 0.15) is 12.8 Å². The maximum Gasteiger partial charge on any atom is 0.239 e. The minimum absolute atomic E-state index is 0.0564. The second-order valence-corrected chi connectivity index (χ2v) is 6.69. The van der Waals surface area contributed by atoms with Gasteiger partial charge in [-0.3, -0.25) is 4.79 Å². The maximum atomic E-state index is 12.1. The molecule has 0 bridgehead atoms. The summed E-state index contributed by atoms with van der Waals surface area (Å²) in [4.78, 5) is 25.4. The minimum atomic E-state index is -0.637. The van der Waals surface area contributed by atoms with Gasteiger partial charge in [-0.25, -0.2) is 9.97 Å². The number of hydrogen-bond acceptors (Lipinski definition) is 8. The van der Waals surface area contributed by atoms with Crippen LogP contribution in [0, 0.1) is 0 Å². The number of hydrogen-bond donors (Lipinski definition) is 2. The number of rotatable bonds is 6. The zero-order valence-corrected chi connectivity index (χ0v) is 15.3. The number of piperidine rings is 1. The van der Waals surface area contributed by atoms with Crippen LogP contribution in [0.25, 0.3) is 0 Å². The minimum Gasteiger partial charge on any atom is -0.383 e. The lowest BCUT2D eigenvalue weighted by molar-refractivity contribution is -0.124. The number of nitrogens with one attached hydrogen (secondary N) is 1. The van der Waals surface area contributed by atoms with Gasteiger partial charge in [-0.1, -0.05) is 0 Å². The third-order valence-electron chi connectivity index (χ3n) is 4.75. The van der Waals surface area contributed by atoms with Gasteiger partial charge in [0.1, 0.15) is 24.0 Å². The molecule has 3 rings (SSSR count). The smallest absolute Gasteiger partial charge is 0.239 e. The molecule has 144 valence electrons. The molecule has 3 heterocycles. The quantitative estimate of drug-likeness (QED) is 0.687. The van der Waals surface area contributed by atoms with Crippen molar-refractivity contribution in [3.05, 3.63) is 12.4 Å². The van der Waals surface area contributed by atoms with Crippen LogP contribution in [0.15, 0.2) is 12.4 Å². The maximum absolute atomic E-state index is 12.1. The summed E-state index contributed by atoms with van der Waals surface area (Å²) in [6, 6.07) is 1.44. The highest BCUT2D eigenvalue weighted by molar-refractivity contribution is 5.82. The van der Waals surface area contributed by atoms with Crippen molar-refractivity contribution in [3.8, 4) is 0 Å². The SMILES string of the molecule is COCC(N)C(=O)NC1CCCN(c2cc(N3CCOCC3)ncn2)C1. The third-order valence-corrected chi connectivity index (χ3v) is 4.75. The van der Waals surface area contributed by atoms with Crippen molar-refractivity contribution >= 4 is 17.5 Å². The van der Waals surface area contributed by atoms with Crippen LogP contribution >= 0.6 is 0 Å². The molecule has 0 saturated carbocycles. The van der Waals surface area contributed by atoms with Crippen molar-refractivity contribution in [3.63, 3.8) is 0 Å². The Labute approximate surface area is 153 Å². The first-order chi connectivity index (χ1) is 12.7. The molecule has 2 fully saturated rings. The first-order valence-corrected chi connectivity index (χ1v) is 9.12. The predicted octanol–water partition coefficient (Wildman–Crippen LogP) is -0.628. The molecule has 2 atom stereocenters. The number of anilines is 2. The first kappa shape index (κ1) is 18.8. The average Bonchev–Trinajstić information content (AvgIpc) is 2.69. The number of aromatic nitrogens is 2. The van der Waals surface area contributed by atoms with E-state index in [2.05, 4.69) is 25.1 Å². The molecule has 2 saturated heterocycles. The summed E-state index contributed by atoms with van der Waals surface area (Å²) in [5, 5.41) is 3.03. The molecule has 0 aliphatic carbocycles. The molecule has 1 aromatic rings. The zero-order chi connectivity index (χ0) is 18.4. The number of nitrogens with two attached hydrogens (primary N) is 1. The highest BCUT2D eigenvalue weighted by Crippen LogP contribution is 2.22. The Balaban J connectivity index is 1.61.